The Labute approximate surface area is 141 Å². The van der Waals surface area contributed by atoms with E-state index in [9.17, 15) is 19.2 Å². The fourth-order valence-electron chi connectivity index (χ4n) is 2.34. The summed E-state index contributed by atoms with van der Waals surface area (Å²) in [4.78, 5) is 49.2. The zero-order chi connectivity index (χ0) is 17.1. The van der Waals surface area contributed by atoms with Crippen LogP contribution in [0.25, 0.3) is 0 Å². The van der Waals surface area contributed by atoms with Crippen LogP contribution in [0.2, 0.25) is 0 Å². The highest BCUT2D eigenvalue weighted by Gasteiger charge is 2.35. The number of rotatable bonds is 6. The zero-order valence-electron chi connectivity index (χ0n) is 12.6. The lowest BCUT2D eigenvalue weighted by Crippen LogP contribution is -2.33. The third-order valence-electron chi connectivity index (χ3n) is 3.59. The molecule has 0 aliphatic carbocycles. The van der Waals surface area contributed by atoms with E-state index in [0.717, 1.165) is 4.90 Å². The van der Waals surface area contributed by atoms with E-state index in [4.69, 9.17) is 4.74 Å². The Morgan fingerprint density at radius 2 is 1.62 bits per heavy atom. The minimum absolute atomic E-state index is 0.0292. The molecule has 0 spiro atoms. The number of fused-ring (bicyclic) bond motifs is 1. The molecule has 0 atom stereocenters. The molecule has 1 aromatic carbocycles. The van der Waals surface area contributed by atoms with Gasteiger partial charge in [-0.1, -0.05) is 18.2 Å². The number of carbonyl (C=O) groups is 4. The summed E-state index contributed by atoms with van der Waals surface area (Å²) < 4.78 is 4.96. The van der Waals surface area contributed by atoms with Crippen molar-refractivity contribution in [2.75, 3.05) is 6.73 Å². The first-order valence-corrected chi connectivity index (χ1v) is 8.13. The topological polar surface area (TPSA) is 80.8 Å². The zero-order valence-corrected chi connectivity index (χ0v) is 13.4. The van der Waals surface area contributed by atoms with Crippen LogP contribution in [0.4, 0.5) is 0 Å². The van der Waals surface area contributed by atoms with Crippen molar-refractivity contribution in [3.8, 4) is 0 Å². The van der Waals surface area contributed by atoms with E-state index in [-0.39, 0.29) is 18.6 Å². The molecule has 6 nitrogen and oxygen atoms in total. The van der Waals surface area contributed by atoms with Gasteiger partial charge in [0, 0.05) is 6.42 Å². The lowest BCUT2D eigenvalue weighted by Gasteiger charge is -2.13. The van der Waals surface area contributed by atoms with Gasteiger partial charge in [-0.3, -0.25) is 19.2 Å². The molecule has 0 saturated heterocycles. The number of imide groups is 1. The highest BCUT2D eigenvalue weighted by molar-refractivity contribution is 7.12. The monoisotopic (exact) mass is 343 g/mol. The number of esters is 1. The van der Waals surface area contributed by atoms with Crippen LogP contribution in [0.3, 0.4) is 0 Å². The largest absolute Gasteiger partial charge is 0.444 e. The lowest BCUT2D eigenvalue weighted by molar-refractivity contribution is -0.146. The standard InChI is InChI=1S/C17H13NO5S/c19-13(14-6-3-9-24-14)7-8-15(20)23-10-18-16(21)11-4-1-2-5-12(11)17(18)22/h1-6,9H,7-8,10H2. The molecular weight excluding hydrogens is 330 g/mol. The van der Waals surface area contributed by atoms with E-state index >= 15 is 0 Å². The fraction of sp³-hybridized carbons (Fsp3) is 0.176. The fourth-order valence-corrected chi connectivity index (χ4v) is 3.04. The van der Waals surface area contributed by atoms with Crippen LogP contribution in [-0.2, 0) is 9.53 Å². The molecule has 1 aliphatic heterocycles. The van der Waals surface area contributed by atoms with Crippen molar-refractivity contribution >= 4 is 34.9 Å². The Kier molecular flexibility index (Phi) is 4.52. The van der Waals surface area contributed by atoms with Crippen molar-refractivity contribution in [1.29, 1.82) is 0 Å². The van der Waals surface area contributed by atoms with Gasteiger partial charge in [0.1, 0.15) is 0 Å². The van der Waals surface area contributed by atoms with Gasteiger partial charge in [-0.05, 0) is 23.6 Å². The average molecular weight is 343 g/mol. The molecule has 2 heterocycles. The number of Topliss-reactive ketones (excluding diaryl/α,β-unsaturated/α-hetero) is 1. The first-order chi connectivity index (χ1) is 11.6. The molecule has 1 aromatic heterocycles. The minimum atomic E-state index is -0.628. The third kappa shape index (κ3) is 3.11. The van der Waals surface area contributed by atoms with Crippen molar-refractivity contribution < 1.29 is 23.9 Å². The summed E-state index contributed by atoms with van der Waals surface area (Å²) in [6.45, 7) is -0.446. The summed E-state index contributed by atoms with van der Waals surface area (Å²) in [6, 6.07) is 9.88. The van der Waals surface area contributed by atoms with Crippen LogP contribution < -0.4 is 0 Å². The highest BCUT2D eigenvalue weighted by Crippen LogP contribution is 2.22. The second-order valence-electron chi connectivity index (χ2n) is 5.13. The van der Waals surface area contributed by atoms with E-state index in [0.29, 0.717) is 16.0 Å². The maximum absolute atomic E-state index is 12.1. The molecule has 2 aromatic rings. The molecule has 0 fully saturated rings. The van der Waals surface area contributed by atoms with Gasteiger partial charge in [-0.15, -0.1) is 11.3 Å². The predicted octanol–water partition coefficient (Wildman–Crippen LogP) is 2.51. The van der Waals surface area contributed by atoms with Crippen LogP contribution in [0.5, 0.6) is 0 Å². The van der Waals surface area contributed by atoms with Gasteiger partial charge in [-0.25, -0.2) is 4.90 Å². The Morgan fingerprint density at radius 3 is 2.21 bits per heavy atom. The van der Waals surface area contributed by atoms with Gasteiger partial charge in [0.05, 0.1) is 22.4 Å². The summed E-state index contributed by atoms with van der Waals surface area (Å²) in [6.07, 6.45) is -0.0681. The molecule has 3 rings (SSSR count). The van der Waals surface area contributed by atoms with Crippen LogP contribution in [0, 0.1) is 0 Å². The van der Waals surface area contributed by atoms with E-state index in [1.54, 1.807) is 41.8 Å². The van der Waals surface area contributed by atoms with E-state index in [1.807, 2.05) is 0 Å². The number of hydrogen-bond acceptors (Lipinski definition) is 6. The Hall–Kier alpha value is -2.80. The molecule has 0 radical (unpaired) electrons. The van der Waals surface area contributed by atoms with Gasteiger partial charge in [0.25, 0.3) is 11.8 Å². The van der Waals surface area contributed by atoms with Crippen LogP contribution in [-0.4, -0.2) is 35.2 Å². The molecule has 7 heteroatoms. The maximum atomic E-state index is 12.1. The van der Waals surface area contributed by atoms with Gasteiger partial charge < -0.3 is 4.74 Å². The van der Waals surface area contributed by atoms with E-state index in [2.05, 4.69) is 0 Å². The summed E-state index contributed by atoms with van der Waals surface area (Å²) in [5.74, 6) is -1.74. The summed E-state index contributed by atoms with van der Waals surface area (Å²) in [5, 5.41) is 1.79. The quantitative estimate of drug-likeness (QED) is 0.457. The number of ether oxygens (including phenoxy) is 1. The minimum Gasteiger partial charge on any atom is -0.444 e. The predicted molar refractivity (Wildman–Crippen MR) is 85.8 cm³/mol. The third-order valence-corrected chi connectivity index (χ3v) is 4.50. The van der Waals surface area contributed by atoms with Gasteiger partial charge in [0.2, 0.25) is 0 Å². The second-order valence-corrected chi connectivity index (χ2v) is 6.08. The molecule has 0 saturated carbocycles. The van der Waals surface area contributed by atoms with Crippen molar-refractivity contribution in [2.45, 2.75) is 12.8 Å². The van der Waals surface area contributed by atoms with Gasteiger partial charge in [-0.2, -0.15) is 0 Å². The number of carbonyl (C=O) groups excluding carboxylic acids is 4. The van der Waals surface area contributed by atoms with Crippen LogP contribution in [0.15, 0.2) is 41.8 Å². The van der Waals surface area contributed by atoms with Crippen molar-refractivity contribution in [3.05, 3.63) is 57.8 Å². The first-order valence-electron chi connectivity index (χ1n) is 7.25. The number of amides is 2. The normalized spacial score (nSPS) is 13.1. The molecule has 122 valence electrons. The van der Waals surface area contributed by atoms with Gasteiger partial charge in [0.15, 0.2) is 12.5 Å². The molecule has 1 aliphatic rings. The summed E-state index contributed by atoms with van der Waals surface area (Å²) in [7, 11) is 0. The molecule has 0 bridgehead atoms. The number of benzene rings is 1. The van der Waals surface area contributed by atoms with Crippen LogP contribution >= 0.6 is 11.3 Å². The maximum Gasteiger partial charge on any atom is 0.307 e. The molecule has 0 unspecified atom stereocenters. The molecular formula is C17H13NO5S. The summed E-state index contributed by atoms with van der Waals surface area (Å²) in [5.41, 5.74) is 0.595. The Balaban J connectivity index is 1.51. The van der Waals surface area contributed by atoms with E-state index < -0.39 is 24.5 Å². The van der Waals surface area contributed by atoms with Crippen LogP contribution in [0.1, 0.15) is 43.2 Å². The summed E-state index contributed by atoms with van der Waals surface area (Å²) >= 11 is 1.31. The molecule has 0 N–H and O–H groups in total. The Bertz CT molecular complexity index is 777. The van der Waals surface area contributed by atoms with Crippen molar-refractivity contribution in [1.82, 2.24) is 4.90 Å². The molecule has 2 amide bonds. The van der Waals surface area contributed by atoms with Crippen molar-refractivity contribution in [2.24, 2.45) is 0 Å². The number of thiophene rings is 1. The second kappa shape index (κ2) is 6.76. The number of ketones is 1. The Morgan fingerprint density at radius 1 is 0.958 bits per heavy atom. The van der Waals surface area contributed by atoms with E-state index in [1.165, 1.54) is 11.3 Å². The van der Waals surface area contributed by atoms with Gasteiger partial charge >= 0.3 is 5.97 Å². The average Bonchev–Trinajstić information content (AvgIpc) is 3.20. The number of hydrogen-bond donors (Lipinski definition) is 0. The molecule has 24 heavy (non-hydrogen) atoms. The highest BCUT2D eigenvalue weighted by atomic mass is 32.1. The SMILES string of the molecule is O=C(CCC(=O)c1cccs1)OCN1C(=O)c2ccccc2C1=O. The number of nitrogens with zero attached hydrogens (tertiary/aromatic N) is 1. The smallest absolute Gasteiger partial charge is 0.307 e. The first kappa shape index (κ1) is 16.1. The van der Waals surface area contributed by atoms with Crippen molar-refractivity contribution in [3.63, 3.8) is 0 Å². The lowest BCUT2D eigenvalue weighted by atomic mass is 10.1.